The lowest BCUT2D eigenvalue weighted by molar-refractivity contribution is 0.115. The van der Waals surface area contributed by atoms with Gasteiger partial charge >= 0.3 is 0 Å². The Labute approximate surface area is 105 Å². The van der Waals surface area contributed by atoms with E-state index < -0.39 is 5.67 Å². The van der Waals surface area contributed by atoms with Crippen molar-refractivity contribution in [3.8, 4) is 0 Å². The van der Waals surface area contributed by atoms with Crippen molar-refractivity contribution in [3.63, 3.8) is 0 Å². The van der Waals surface area contributed by atoms with E-state index >= 15 is 0 Å². The zero-order valence-electron chi connectivity index (χ0n) is 8.75. The highest BCUT2D eigenvalue weighted by Crippen LogP contribution is 2.28. The number of aromatic nitrogens is 2. The van der Waals surface area contributed by atoms with E-state index in [1.54, 1.807) is 6.20 Å². The summed E-state index contributed by atoms with van der Waals surface area (Å²) in [5.74, 6) is 0. The Morgan fingerprint density at radius 1 is 1.31 bits per heavy atom. The van der Waals surface area contributed by atoms with Gasteiger partial charge in [-0.3, -0.25) is 4.98 Å². The van der Waals surface area contributed by atoms with Crippen LogP contribution in [0.5, 0.6) is 0 Å². The third-order valence-corrected chi connectivity index (χ3v) is 3.02. The summed E-state index contributed by atoms with van der Waals surface area (Å²) >= 11 is 5.85. The molecule has 2 heterocycles. The first-order valence-corrected chi connectivity index (χ1v) is 5.42. The molecule has 1 saturated heterocycles. The molecular weight excluding hydrogens is 252 g/mol. The molecule has 0 aliphatic carbocycles. The maximum Gasteiger partial charge on any atom is 0.150 e. The summed E-state index contributed by atoms with van der Waals surface area (Å²) in [7, 11) is 0. The van der Waals surface area contributed by atoms with Gasteiger partial charge in [-0.25, -0.2) is 9.37 Å². The lowest BCUT2D eigenvalue weighted by Crippen LogP contribution is -2.40. The van der Waals surface area contributed by atoms with Gasteiger partial charge in [0, 0.05) is 18.8 Å². The van der Waals surface area contributed by atoms with Gasteiger partial charge in [-0.1, -0.05) is 11.6 Å². The summed E-state index contributed by atoms with van der Waals surface area (Å²) in [5, 5.41) is 3.44. The van der Waals surface area contributed by atoms with Crippen LogP contribution < -0.4 is 5.32 Å². The molecule has 0 unspecified atom stereocenters. The van der Waals surface area contributed by atoms with Crippen LogP contribution in [-0.2, 0) is 6.42 Å². The fraction of sp³-hybridized carbons (Fsp3) is 0.600. The van der Waals surface area contributed by atoms with Crippen molar-refractivity contribution in [2.45, 2.75) is 24.9 Å². The van der Waals surface area contributed by atoms with Gasteiger partial charge in [0.05, 0.1) is 5.69 Å². The summed E-state index contributed by atoms with van der Waals surface area (Å²) < 4.78 is 14.3. The number of hydrogen-bond donors (Lipinski definition) is 1. The molecular formula is C10H14Cl2FN3. The molecule has 1 fully saturated rings. The quantitative estimate of drug-likeness (QED) is 0.891. The van der Waals surface area contributed by atoms with Gasteiger partial charge in [0.1, 0.15) is 5.67 Å². The van der Waals surface area contributed by atoms with Crippen molar-refractivity contribution in [1.29, 1.82) is 0 Å². The van der Waals surface area contributed by atoms with Crippen LogP contribution in [0.1, 0.15) is 18.5 Å². The van der Waals surface area contributed by atoms with Crippen LogP contribution in [0, 0.1) is 0 Å². The minimum Gasteiger partial charge on any atom is -0.316 e. The second-order valence-electron chi connectivity index (χ2n) is 3.87. The van der Waals surface area contributed by atoms with Crippen LogP contribution >= 0.6 is 24.0 Å². The first kappa shape index (κ1) is 13.6. The molecule has 0 amide bonds. The van der Waals surface area contributed by atoms with Gasteiger partial charge in [-0.15, -0.1) is 12.4 Å². The van der Waals surface area contributed by atoms with Gasteiger partial charge in [-0.2, -0.15) is 0 Å². The monoisotopic (exact) mass is 265 g/mol. The Kier molecular flexibility index (Phi) is 4.89. The van der Waals surface area contributed by atoms with Crippen molar-refractivity contribution in [2.75, 3.05) is 13.1 Å². The van der Waals surface area contributed by atoms with E-state index in [1.165, 1.54) is 6.20 Å². The van der Waals surface area contributed by atoms with Crippen molar-refractivity contribution in [1.82, 2.24) is 15.3 Å². The fourth-order valence-electron chi connectivity index (χ4n) is 1.82. The molecule has 1 aromatic rings. The maximum absolute atomic E-state index is 14.3. The van der Waals surface area contributed by atoms with Gasteiger partial charge in [0.15, 0.2) is 5.15 Å². The Balaban J connectivity index is 0.00000128. The number of piperidine rings is 1. The minimum atomic E-state index is -1.18. The zero-order chi connectivity index (χ0) is 10.7. The van der Waals surface area contributed by atoms with Gasteiger partial charge in [0.25, 0.3) is 0 Å². The molecule has 1 aliphatic heterocycles. The van der Waals surface area contributed by atoms with Crippen LogP contribution in [-0.4, -0.2) is 28.7 Å². The predicted octanol–water partition coefficient (Wildman–Crippen LogP) is 2.19. The Morgan fingerprint density at radius 3 is 2.56 bits per heavy atom. The van der Waals surface area contributed by atoms with Crippen LogP contribution in [0.25, 0.3) is 0 Å². The van der Waals surface area contributed by atoms with Gasteiger partial charge < -0.3 is 5.32 Å². The molecule has 1 N–H and O–H groups in total. The second kappa shape index (κ2) is 5.75. The number of hydrogen-bond acceptors (Lipinski definition) is 3. The lowest BCUT2D eigenvalue weighted by atomic mass is 9.90. The zero-order valence-corrected chi connectivity index (χ0v) is 10.3. The second-order valence-corrected chi connectivity index (χ2v) is 4.23. The summed E-state index contributed by atoms with van der Waals surface area (Å²) in [4.78, 5) is 7.96. The largest absolute Gasteiger partial charge is 0.316 e. The molecule has 90 valence electrons. The molecule has 0 aromatic carbocycles. The van der Waals surface area contributed by atoms with Crippen molar-refractivity contribution >= 4 is 24.0 Å². The van der Waals surface area contributed by atoms with Gasteiger partial charge in [-0.05, 0) is 25.9 Å². The van der Waals surface area contributed by atoms with Crippen LogP contribution in [0.3, 0.4) is 0 Å². The number of nitrogens with zero attached hydrogens (tertiary/aromatic N) is 2. The molecule has 1 aromatic heterocycles. The molecule has 0 atom stereocenters. The van der Waals surface area contributed by atoms with E-state index in [-0.39, 0.29) is 18.8 Å². The SMILES string of the molecule is Cl.FC1(Cc2nccnc2Cl)CCNCC1. The smallest absolute Gasteiger partial charge is 0.150 e. The Bertz CT molecular complexity index is 343. The highest BCUT2D eigenvalue weighted by atomic mass is 35.5. The van der Waals surface area contributed by atoms with E-state index in [2.05, 4.69) is 15.3 Å². The van der Waals surface area contributed by atoms with E-state index in [1.807, 2.05) is 0 Å². The van der Waals surface area contributed by atoms with E-state index in [9.17, 15) is 4.39 Å². The minimum absolute atomic E-state index is 0. The van der Waals surface area contributed by atoms with E-state index in [4.69, 9.17) is 11.6 Å². The number of nitrogens with one attached hydrogen (secondary N) is 1. The topological polar surface area (TPSA) is 37.8 Å². The van der Waals surface area contributed by atoms with Crippen molar-refractivity contribution in [3.05, 3.63) is 23.2 Å². The van der Waals surface area contributed by atoms with Gasteiger partial charge in [0.2, 0.25) is 0 Å². The molecule has 0 saturated carbocycles. The average molecular weight is 266 g/mol. The summed E-state index contributed by atoms with van der Waals surface area (Å²) in [6, 6.07) is 0. The van der Waals surface area contributed by atoms with Crippen LogP contribution in [0.4, 0.5) is 4.39 Å². The highest BCUT2D eigenvalue weighted by Gasteiger charge is 2.33. The molecule has 0 radical (unpaired) electrons. The fourth-order valence-corrected chi connectivity index (χ4v) is 1.99. The highest BCUT2D eigenvalue weighted by molar-refractivity contribution is 6.29. The maximum atomic E-state index is 14.3. The molecule has 0 spiro atoms. The molecule has 1 aliphatic rings. The number of halogens is 3. The normalized spacial score (nSPS) is 18.9. The first-order valence-electron chi connectivity index (χ1n) is 5.05. The predicted molar refractivity (Wildman–Crippen MR) is 63.9 cm³/mol. The van der Waals surface area contributed by atoms with Crippen molar-refractivity contribution in [2.24, 2.45) is 0 Å². The van der Waals surface area contributed by atoms with Crippen molar-refractivity contribution < 1.29 is 4.39 Å². The van der Waals surface area contributed by atoms with E-state index in [0.717, 1.165) is 0 Å². The van der Waals surface area contributed by atoms with Crippen LogP contribution in [0.15, 0.2) is 12.4 Å². The standard InChI is InChI=1S/C10H13ClFN3.ClH/c11-9-8(14-5-6-15-9)7-10(12)1-3-13-4-2-10;/h5-6,13H,1-4,7H2;1H. The molecule has 3 nitrogen and oxygen atoms in total. The first-order chi connectivity index (χ1) is 7.20. The lowest BCUT2D eigenvalue weighted by Gasteiger charge is -2.29. The number of alkyl halides is 1. The molecule has 16 heavy (non-hydrogen) atoms. The summed E-state index contributed by atoms with van der Waals surface area (Å²) in [6.45, 7) is 1.43. The third-order valence-electron chi connectivity index (χ3n) is 2.71. The summed E-state index contributed by atoms with van der Waals surface area (Å²) in [6.07, 6.45) is 4.35. The van der Waals surface area contributed by atoms with Crippen LogP contribution in [0.2, 0.25) is 5.15 Å². The third kappa shape index (κ3) is 3.27. The Morgan fingerprint density at radius 2 is 1.94 bits per heavy atom. The average Bonchev–Trinajstić information content (AvgIpc) is 2.22. The molecule has 2 rings (SSSR count). The van der Waals surface area contributed by atoms with E-state index in [0.29, 0.717) is 36.8 Å². The Hall–Kier alpha value is -0.450. The number of rotatable bonds is 2. The molecule has 6 heteroatoms. The molecule has 0 bridgehead atoms. The summed E-state index contributed by atoms with van der Waals surface area (Å²) in [5.41, 5.74) is -0.617.